The van der Waals surface area contributed by atoms with Gasteiger partial charge in [0.2, 0.25) is 5.91 Å². The van der Waals surface area contributed by atoms with Crippen LogP contribution >= 0.6 is 23.2 Å². The molecular formula is C40H38Cl2N4O2. The predicted octanol–water partition coefficient (Wildman–Crippen LogP) is 9.31. The van der Waals surface area contributed by atoms with E-state index in [4.69, 9.17) is 23.2 Å². The summed E-state index contributed by atoms with van der Waals surface area (Å²) in [5.74, 6) is -0.345. The molecule has 2 unspecified atom stereocenters. The third-order valence-corrected chi connectivity index (χ3v) is 9.81. The van der Waals surface area contributed by atoms with Crippen LogP contribution in [0.25, 0.3) is 22.2 Å². The maximum absolute atomic E-state index is 14.6. The molecule has 0 radical (unpaired) electrons. The molecule has 1 aliphatic heterocycles. The van der Waals surface area contributed by atoms with E-state index in [2.05, 4.69) is 47.8 Å². The Morgan fingerprint density at radius 1 is 0.917 bits per heavy atom. The second-order valence-electron chi connectivity index (χ2n) is 12.2. The van der Waals surface area contributed by atoms with Gasteiger partial charge in [-0.2, -0.15) is 0 Å². The summed E-state index contributed by atoms with van der Waals surface area (Å²) in [6.45, 7) is 10.9. The van der Waals surface area contributed by atoms with E-state index in [1.54, 1.807) is 11.8 Å². The fourth-order valence-corrected chi connectivity index (χ4v) is 7.05. The molecule has 2 amide bonds. The van der Waals surface area contributed by atoms with Crippen molar-refractivity contribution in [3.63, 3.8) is 0 Å². The van der Waals surface area contributed by atoms with Crippen LogP contribution in [0.2, 0.25) is 10.0 Å². The number of hydrogen-bond donors (Lipinski definition) is 2. The topological polar surface area (TPSA) is 68.4 Å². The molecule has 6 rings (SSSR count). The van der Waals surface area contributed by atoms with Gasteiger partial charge in [-0.15, -0.1) is 0 Å². The minimum atomic E-state index is -0.294. The fraction of sp³-hybridized carbons (Fsp3) is 0.200. The molecule has 48 heavy (non-hydrogen) atoms. The first kappa shape index (κ1) is 33.1. The van der Waals surface area contributed by atoms with E-state index in [0.29, 0.717) is 28.8 Å². The van der Waals surface area contributed by atoms with Crippen LogP contribution in [-0.2, 0) is 4.79 Å². The number of carbonyl (C=O) groups is 2. The molecule has 1 saturated heterocycles. The van der Waals surface area contributed by atoms with Crippen molar-refractivity contribution < 1.29 is 9.59 Å². The lowest BCUT2D eigenvalue weighted by Crippen LogP contribution is -2.40. The quantitative estimate of drug-likeness (QED) is 0.163. The molecule has 0 saturated carbocycles. The van der Waals surface area contributed by atoms with Crippen molar-refractivity contribution in [3.05, 3.63) is 154 Å². The number of likely N-dealkylation sites (tertiary alicyclic amines) is 1. The van der Waals surface area contributed by atoms with Crippen LogP contribution < -0.4 is 5.32 Å². The zero-order chi connectivity index (χ0) is 33.9. The van der Waals surface area contributed by atoms with Crippen molar-refractivity contribution in [2.75, 3.05) is 13.1 Å². The zero-order valence-corrected chi connectivity index (χ0v) is 28.7. The highest BCUT2D eigenvalue weighted by atomic mass is 35.5. The van der Waals surface area contributed by atoms with E-state index in [1.807, 2.05) is 97.2 Å². The molecule has 0 bridgehead atoms. The molecule has 4 aromatic carbocycles. The van der Waals surface area contributed by atoms with Gasteiger partial charge in [0.1, 0.15) is 5.69 Å². The smallest absolute Gasteiger partial charge is 0.268 e. The third-order valence-electron chi connectivity index (χ3n) is 9.32. The summed E-state index contributed by atoms with van der Waals surface area (Å²) in [6, 6.07) is 33.1. The Labute approximate surface area is 291 Å². The Kier molecular flexibility index (Phi) is 9.76. The van der Waals surface area contributed by atoms with E-state index >= 15 is 0 Å². The lowest BCUT2D eigenvalue weighted by atomic mass is 9.93. The summed E-state index contributed by atoms with van der Waals surface area (Å²) in [5, 5.41) is 5.38. The average molecular weight is 678 g/mol. The average Bonchev–Trinajstić information content (AvgIpc) is 3.69. The Hall–Kier alpha value is -4.78. The van der Waals surface area contributed by atoms with E-state index in [1.165, 1.54) is 0 Å². The van der Waals surface area contributed by atoms with E-state index < -0.39 is 0 Å². The van der Waals surface area contributed by atoms with Gasteiger partial charge < -0.3 is 20.1 Å². The SMILES string of the molecule is C=CN(/C(=C(\C)c1ccccc1)c1c(C(=O)NC2CN(C(C)=O)C[C@H]2c2ccccc2)[nH]c2cc(Cl)ccc12)C(C)c1ccc(Cl)cc1. The van der Waals surface area contributed by atoms with Gasteiger partial charge in [-0.05, 0) is 66.6 Å². The molecule has 2 heterocycles. The van der Waals surface area contributed by atoms with Crippen molar-refractivity contribution in [1.29, 1.82) is 0 Å². The normalized spacial score (nSPS) is 17.1. The number of H-pyrrole nitrogens is 1. The summed E-state index contributed by atoms with van der Waals surface area (Å²) < 4.78 is 0. The second kappa shape index (κ2) is 14.1. The number of halogens is 2. The molecular weight excluding hydrogens is 639 g/mol. The number of aromatic amines is 1. The highest BCUT2D eigenvalue weighted by Gasteiger charge is 2.37. The zero-order valence-electron chi connectivity index (χ0n) is 27.2. The summed E-state index contributed by atoms with van der Waals surface area (Å²) in [7, 11) is 0. The van der Waals surface area contributed by atoms with Gasteiger partial charge in [-0.25, -0.2) is 0 Å². The molecule has 3 atom stereocenters. The second-order valence-corrected chi connectivity index (χ2v) is 13.1. The highest BCUT2D eigenvalue weighted by Crippen LogP contribution is 2.41. The van der Waals surface area contributed by atoms with Crippen LogP contribution in [0.4, 0.5) is 0 Å². The first-order chi connectivity index (χ1) is 23.2. The Morgan fingerprint density at radius 3 is 2.21 bits per heavy atom. The molecule has 5 aromatic rings. The standard InChI is InChI=1S/C40H38Cl2N4O2/c1-5-46(26(3)29-16-18-31(41)19-17-29)39(25(2)28-12-8-6-9-13-28)37-33-21-20-32(42)22-35(33)43-38(37)40(48)44-36-24-45(27(4)47)23-34(36)30-14-10-7-11-15-30/h5-22,26,34,36,43H,1,23-24H2,2-4H3,(H,44,48)/b39-25+/t26?,34-,36?/m0/s1. The lowest BCUT2D eigenvalue weighted by Gasteiger charge is -2.33. The van der Waals surface area contributed by atoms with E-state index in [0.717, 1.165) is 44.4 Å². The molecule has 0 aliphatic carbocycles. The number of carbonyl (C=O) groups excluding carboxylic acids is 2. The van der Waals surface area contributed by atoms with Crippen LogP contribution in [0.1, 0.15) is 65.5 Å². The van der Waals surface area contributed by atoms with Crippen molar-refractivity contribution in [2.45, 2.75) is 38.8 Å². The number of hydrogen-bond acceptors (Lipinski definition) is 3. The lowest BCUT2D eigenvalue weighted by molar-refractivity contribution is -0.127. The third kappa shape index (κ3) is 6.64. The molecule has 1 aliphatic rings. The molecule has 0 spiro atoms. The van der Waals surface area contributed by atoms with Crippen LogP contribution in [0, 0.1) is 0 Å². The minimum absolute atomic E-state index is 0.0184. The van der Waals surface area contributed by atoms with Crippen LogP contribution in [0.3, 0.4) is 0 Å². The first-order valence-corrected chi connectivity index (χ1v) is 16.8. The number of benzene rings is 4. The first-order valence-electron chi connectivity index (χ1n) is 16.0. The number of fused-ring (bicyclic) bond motifs is 1. The number of aromatic nitrogens is 1. The summed E-state index contributed by atoms with van der Waals surface area (Å²) in [4.78, 5) is 34.5. The summed E-state index contributed by atoms with van der Waals surface area (Å²) in [6.07, 6.45) is 1.81. The molecule has 1 aromatic heterocycles. The van der Waals surface area contributed by atoms with Gasteiger partial charge in [-0.1, -0.05) is 109 Å². The summed E-state index contributed by atoms with van der Waals surface area (Å²) in [5.41, 5.74) is 6.79. The van der Waals surface area contributed by atoms with Crippen molar-refractivity contribution >= 4 is 57.2 Å². The number of rotatable bonds is 9. The summed E-state index contributed by atoms with van der Waals surface area (Å²) >= 11 is 12.8. The molecule has 244 valence electrons. The predicted molar refractivity (Wildman–Crippen MR) is 197 cm³/mol. The number of amides is 2. The number of allylic oxidation sites excluding steroid dienone is 1. The molecule has 1 fully saturated rings. The maximum atomic E-state index is 14.6. The van der Waals surface area contributed by atoms with Crippen LogP contribution in [0.15, 0.2) is 116 Å². The van der Waals surface area contributed by atoms with Crippen LogP contribution in [0.5, 0.6) is 0 Å². The highest BCUT2D eigenvalue weighted by molar-refractivity contribution is 6.31. The molecule has 8 heteroatoms. The fourth-order valence-electron chi connectivity index (χ4n) is 6.75. The monoisotopic (exact) mass is 676 g/mol. The Bertz CT molecular complexity index is 1990. The van der Waals surface area contributed by atoms with Gasteiger partial charge in [0.25, 0.3) is 5.91 Å². The van der Waals surface area contributed by atoms with Gasteiger partial charge in [0, 0.05) is 52.4 Å². The molecule has 6 nitrogen and oxygen atoms in total. The van der Waals surface area contributed by atoms with E-state index in [9.17, 15) is 9.59 Å². The van der Waals surface area contributed by atoms with Crippen molar-refractivity contribution in [2.24, 2.45) is 0 Å². The van der Waals surface area contributed by atoms with Crippen LogP contribution in [-0.4, -0.2) is 45.7 Å². The maximum Gasteiger partial charge on any atom is 0.268 e. The Balaban J connectivity index is 1.52. The van der Waals surface area contributed by atoms with Crippen molar-refractivity contribution in [3.8, 4) is 0 Å². The molecule has 2 N–H and O–H groups in total. The number of nitrogens with zero attached hydrogens (tertiary/aromatic N) is 2. The van der Waals surface area contributed by atoms with Gasteiger partial charge in [0.05, 0.1) is 17.8 Å². The Morgan fingerprint density at radius 2 is 1.56 bits per heavy atom. The van der Waals surface area contributed by atoms with Crippen molar-refractivity contribution in [1.82, 2.24) is 20.1 Å². The van der Waals surface area contributed by atoms with Gasteiger partial charge >= 0.3 is 0 Å². The van der Waals surface area contributed by atoms with Gasteiger partial charge in [0.15, 0.2) is 0 Å². The minimum Gasteiger partial charge on any atom is -0.350 e. The number of nitrogens with one attached hydrogen (secondary N) is 2. The van der Waals surface area contributed by atoms with E-state index in [-0.39, 0.29) is 29.8 Å². The van der Waals surface area contributed by atoms with Gasteiger partial charge in [-0.3, -0.25) is 9.59 Å². The largest absolute Gasteiger partial charge is 0.350 e.